The maximum atomic E-state index is 12.0. The van der Waals surface area contributed by atoms with Crippen molar-refractivity contribution in [3.05, 3.63) is 0 Å². The van der Waals surface area contributed by atoms with E-state index in [1.165, 1.54) is 27.7 Å². The lowest BCUT2D eigenvalue weighted by Crippen LogP contribution is -2.51. The molecule has 0 spiro atoms. The molecular weight excluding hydrogens is 484 g/mol. The molecule has 0 bridgehead atoms. The maximum Gasteiger partial charge on any atom is 0.303 e. The summed E-state index contributed by atoms with van der Waals surface area (Å²) in [5.41, 5.74) is 0. The Bertz CT molecular complexity index is 715. The zero-order valence-corrected chi connectivity index (χ0v) is 24.9. The molecule has 0 rings (SSSR count). The van der Waals surface area contributed by atoms with Gasteiger partial charge in [0.25, 0.3) is 0 Å². The molecule has 0 radical (unpaired) electrons. The molecule has 0 saturated heterocycles. The summed E-state index contributed by atoms with van der Waals surface area (Å²) in [5, 5.41) is 0.0924. The van der Waals surface area contributed by atoms with Crippen molar-refractivity contribution >= 4 is 32.2 Å². The Hall–Kier alpha value is -1.94. The second-order valence-corrected chi connectivity index (χ2v) is 15.5. The Kier molecular flexibility index (Phi) is 15.2. The normalized spacial score (nSPS) is 15.3. The van der Waals surface area contributed by atoms with Crippen LogP contribution in [0.15, 0.2) is 0 Å². The molecule has 10 heteroatoms. The van der Waals surface area contributed by atoms with Crippen LogP contribution in [0, 0.1) is 0 Å². The third-order valence-electron chi connectivity index (χ3n) is 6.29. The first-order valence-electron chi connectivity index (χ1n) is 12.8. The van der Waals surface area contributed by atoms with Crippen LogP contribution in [0.5, 0.6) is 0 Å². The average Bonchev–Trinajstić information content (AvgIpc) is 2.70. The summed E-state index contributed by atoms with van der Waals surface area (Å²) in [5.74, 6) is -2.38. The summed E-state index contributed by atoms with van der Waals surface area (Å²) in [4.78, 5) is 47.8. The molecule has 0 unspecified atom stereocenters. The van der Waals surface area contributed by atoms with Crippen LogP contribution in [0.4, 0.5) is 0 Å². The predicted molar refractivity (Wildman–Crippen MR) is 139 cm³/mol. The average molecular weight is 533 g/mol. The molecule has 210 valence electrons. The van der Waals surface area contributed by atoms with Crippen molar-refractivity contribution in [2.24, 2.45) is 0 Å². The Labute approximate surface area is 218 Å². The Balaban J connectivity index is 5.84. The van der Waals surface area contributed by atoms with Crippen LogP contribution in [0.25, 0.3) is 0 Å². The topological polar surface area (TPSA) is 114 Å². The molecule has 0 aromatic heterocycles. The van der Waals surface area contributed by atoms with Crippen LogP contribution in [0.3, 0.4) is 0 Å². The molecule has 0 heterocycles. The van der Waals surface area contributed by atoms with E-state index in [1.807, 2.05) is 6.92 Å². The van der Waals surface area contributed by atoms with Crippen molar-refractivity contribution in [1.82, 2.24) is 0 Å². The van der Waals surface area contributed by atoms with Gasteiger partial charge in [-0.2, -0.15) is 0 Å². The summed E-state index contributed by atoms with van der Waals surface area (Å²) >= 11 is 0. The molecule has 0 N–H and O–H groups in total. The summed E-state index contributed by atoms with van der Waals surface area (Å²) in [6.45, 7) is 18.4. The highest BCUT2D eigenvalue weighted by Crippen LogP contribution is 2.36. The molecule has 36 heavy (non-hydrogen) atoms. The zero-order chi connectivity index (χ0) is 28.1. The number of hydrogen-bond donors (Lipinski definition) is 0. The van der Waals surface area contributed by atoms with Gasteiger partial charge in [0.2, 0.25) is 0 Å². The zero-order valence-electron chi connectivity index (χ0n) is 23.9. The third-order valence-corrected chi connectivity index (χ3v) is 10.8. The molecule has 0 fully saturated rings. The van der Waals surface area contributed by atoms with Crippen molar-refractivity contribution in [2.75, 3.05) is 6.61 Å². The number of hydrogen-bond acceptors (Lipinski definition) is 9. The molecular formula is C26H48O9Si. The number of unbranched alkanes of at least 4 members (excludes halogenated alkanes) is 2. The first kappa shape index (κ1) is 34.1. The van der Waals surface area contributed by atoms with E-state index in [1.54, 1.807) is 0 Å². The number of rotatable bonds is 16. The largest absolute Gasteiger partial charge is 0.458 e. The number of carbonyl (C=O) groups is 4. The van der Waals surface area contributed by atoms with E-state index in [0.29, 0.717) is 38.7 Å². The van der Waals surface area contributed by atoms with Gasteiger partial charge in [-0.15, -0.1) is 0 Å². The fourth-order valence-electron chi connectivity index (χ4n) is 3.50. The third kappa shape index (κ3) is 13.4. The monoisotopic (exact) mass is 532 g/mol. The van der Waals surface area contributed by atoms with Crippen molar-refractivity contribution in [2.45, 2.75) is 136 Å². The molecule has 0 aliphatic heterocycles. The van der Waals surface area contributed by atoms with Crippen LogP contribution in [0.1, 0.15) is 93.9 Å². The van der Waals surface area contributed by atoms with E-state index in [0.717, 1.165) is 6.42 Å². The van der Waals surface area contributed by atoms with Gasteiger partial charge in [0.05, 0.1) is 0 Å². The van der Waals surface area contributed by atoms with E-state index in [9.17, 15) is 19.2 Å². The quantitative estimate of drug-likeness (QED) is 0.116. The number of ether oxygens (including phenoxy) is 4. The second-order valence-electron chi connectivity index (χ2n) is 10.7. The van der Waals surface area contributed by atoms with Crippen molar-refractivity contribution < 1.29 is 42.6 Å². The minimum atomic E-state index is -1.89. The van der Waals surface area contributed by atoms with Gasteiger partial charge in [-0.25, -0.2) is 0 Å². The fraction of sp³-hybridized carbons (Fsp3) is 0.846. The lowest BCUT2D eigenvalue weighted by molar-refractivity contribution is -0.199. The maximum absolute atomic E-state index is 12.0. The summed E-state index contributed by atoms with van der Waals surface area (Å²) in [7, 11) is -1.89. The highest BCUT2D eigenvalue weighted by Gasteiger charge is 2.43. The number of carbonyl (C=O) groups excluding carboxylic acids is 4. The molecule has 4 atom stereocenters. The van der Waals surface area contributed by atoms with E-state index in [2.05, 4.69) is 33.9 Å². The van der Waals surface area contributed by atoms with E-state index in [-0.39, 0.29) is 5.04 Å². The smallest absolute Gasteiger partial charge is 0.303 e. The Morgan fingerprint density at radius 1 is 0.667 bits per heavy atom. The molecule has 0 saturated carbocycles. The molecule has 0 amide bonds. The van der Waals surface area contributed by atoms with Crippen LogP contribution in [-0.4, -0.2) is 63.2 Å². The van der Waals surface area contributed by atoms with E-state index >= 15 is 0 Å². The van der Waals surface area contributed by atoms with Gasteiger partial charge >= 0.3 is 23.9 Å². The van der Waals surface area contributed by atoms with Crippen LogP contribution >= 0.6 is 0 Å². The van der Waals surface area contributed by atoms with Crippen LogP contribution in [0.2, 0.25) is 18.1 Å². The first-order chi connectivity index (χ1) is 16.5. The molecule has 9 nitrogen and oxygen atoms in total. The lowest BCUT2D eigenvalue weighted by atomic mass is 9.95. The second kappa shape index (κ2) is 16.0. The molecule has 0 aromatic rings. The predicted octanol–water partition coefficient (Wildman–Crippen LogP) is 5.10. The highest BCUT2D eigenvalue weighted by atomic mass is 28.4. The number of esters is 4. The van der Waals surface area contributed by atoms with Crippen molar-refractivity contribution in [3.63, 3.8) is 0 Å². The fourth-order valence-corrected chi connectivity index (χ4v) is 4.58. The standard InChI is InChI=1S/C26H48O9Si/c1-11-12-15-22(32-18(2)27)24(34-20(4)29)25(35-21(5)30)23(33-19(3)28)16-13-14-17-31-36(9,10)26(6,7)8/h22-25H,11-17H2,1-10H3/t22-,23-,24+,25-/m0/s1. The van der Waals surface area contributed by atoms with Crippen LogP contribution < -0.4 is 0 Å². The summed E-state index contributed by atoms with van der Waals surface area (Å²) < 4.78 is 28.4. The molecule has 0 aliphatic rings. The van der Waals surface area contributed by atoms with E-state index in [4.69, 9.17) is 23.4 Å². The van der Waals surface area contributed by atoms with Gasteiger partial charge in [-0.3, -0.25) is 19.2 Å². The van der Waals surface area contributed by atoms with Gasteiger partial charge in [0, 0.05) is 34.3 Å². The van der Waals surface area contributed by atoms with Crippen LogP contribution in [-0.2, 0) is 42.6 Å². The van der Waals surface area contributed by atoms with Crippen molar-refractivity contribution in [3.8, 4) is 0 Å². The van der Waals surface area contributed by atoms with Gasteiger partial charge < -0.3 is 23.4 Å². The Morgan fingerprint density at radius 3 is 1.39 bits per heavy atom. The highest BCUT2D eigenvalue weighted by molar-refractivity contribution is 6.74. The molecule has 0 aliphatic carbocycles. The SMILES string of the molecule is CCCC[C@H](OC(C)=O)[C@@H](OC(C)=O)[C@@H](OC(C)=O)[C@H](CCCCO[Si](C)(C)C(C)(C)C)OC(C)=O. The summed E-state index contributed by atoms with van der Waals surface area (Å²) in [6, 6.07) is 0. The van der Waals surface area contributed by atoms with Gasteiger partial charge in [-0.05, 0) is 50.2 Å². The Morgan fingerprint density at radius 2 is 1.06 bits per heavy atom. The summed E-state index contributed by atoms with van der Waals surface area (Å²) in [6.07, 6.45) is -0.486. The van der Waals surface area contributed by atoms with E-state index < -0.39 is 56.6 Å². The minimum absolute atomic E-state index is 0.0924. The minimum Gasteiger partial charge on any atom is -0.458 e. The van der Waals surface area contributed by atoms with Gasteiger partial charge in [0.1, 0.15) is 12.2 Å². The van der Waals surface area contributed by atoms with Gasteiger partial charge in [-0.1, -0.05) is 34.1 Å². The van der Waals surface area contributed by atoms with Gasteiger partial charge in [0.15, 0.2) is 20.5 Å². The van der Waals surface area contributed by atoms with Crippen molar-refractivity contribution in [1.29, 1.82) is 0 Å². The first-order valence-corrected chi connectivity index (χ1v) is 15.8. The lowest BCUT2D eigenvalue weighted by Gasteiger charge is -2.36. The molecule has 0 aromatic carbocycles.